The SMILES string of the molecule is CCO[C@@H]1CC[C@H]2[C@H]1OCCN2Cc1ccoc1.O=C(O)C(F)(F)F. The molecule has 1 saturated carbocycles. The predicted octanol–water partition coefficient (Wildman–Crippen LogP) is 2.68. The lowest BCUT2D eigenvalue weighted by molar-refractivity contribution is -0.192. The molecule has 1 aromatic heterocycles. The highest BCUT2D eigenvalue weighted by Crippen LogP contribution is 2.32. The summed E-state index contributed by atoms with van der Waals surface area (Å²) in [7, 11) is 0. The number of rotatable bonds is 4. The van der Waals surface area contributed by atoms with E-state index in [1.807, 2.05) is 12.3 Å². The second-order valence-electron chi connectivity index (χ2n) is 5.88. The Bertz CT molecular complexity index is 534. The Morgan fingerprint density at radius 2 is 2.16 bits per heavy atom. The smallest absolute Gasteiger partial charge is 0.475 e. The van der Waals surface area contributed by atoms with Crippen LogP contribution < -0.4 is 0 Å². The Kier molecular flexibility index (Phi) is 6.86. The van der Waals surface area contributed by atoms with Crippen molar-refractivity contribution in [2.45, 2.75) is 50.7 Å². The molecule has 1 N–H and O–H groups in total. The molecule has 0 unspecified atom stereocenters. The fourth-order valence-corrected chi connectivity index (χ4v) is 3.20. The first-order valence-corrected chi connectivity index (χ1v) is 8.11. The van der Waals surface area contributed by atoms with E-state index in [-0.39, 0.29) is 12.2 Å². The first kappa shape index (κ1) is 19.7. The van der Waals surface area contributed by atoms with Gasteiger partial charge in [-0.15, -0.1) is 0 Å². The molecule has 0 spiro atoms. The van der Waals surface area contributed by atoms with Crippen LogP contribution in [0.1, 0.15) is 25.3 Å². The standard InChI is InChI=1S/C14H21NO3.C2HF3O2/c1-2-17-13-4-3-12-14(13)18-8-6-15(12)9-11-5-7-16-10-11;3-2(4,5)1(6)7/h5,7,10,12-14H,2-4,6,8-9H2,1H3;(H,6,7)/t12-,13+,14+;/m0./s1. The molecule has 2 heterocycles. The Morgan fingerprint density at radius 3 is 2.72 bits per heavy atom. The van der Waals surface area contributed by atoms with Crippen LogP contribution in [0.25, 0.3) is 0 Å². The van der Waals surface area contributed by atoms with E-state index < -0.39 is 12.1 Å². The minimum Gasteiger partial charge on any atom is -0.475 e. The monoisotopic (exact) mass is 365 g/mol. The van der Waals surface area contributed by atoms with Gasteiger partial charge in [0.05, 0.1) is 31.3 Å². The highest BCUT2D eigenvalue weighted by molar-refractivity contribution is 5.73. The molecule has 2 aliphatic rings. The summed E-state index contributed by atoms with van der Waals surface area (Å²) in [6.45, 7) is 5.60. The van der Waals surface area contributed by atoms with Crippen LogP contribution in [0.15, 0.2) is 23.0 Å². The molecule has 2 fully saturated rings. The van der Waals surface area contributed by atoms with Crippen molar-refractivity contribution in [2.75, 3.05) is 19.8 Å². The van der Waals surface area contributed by atoms with Crippen LogP contribution in [-0.2, 0) is 20.8 Å². The third-order valence-electron chi connectivity index (χ3n) is 4.24. The first-order valence-electron chi connectivity index (χ1n) is 8.11. The van der Waals surface area contributed by atoms with Gasteiger partial charge in [-0.2, -0.15) is 13.2 Å². The highest BCUT2D eigenvalue weighted by atomic mass is 19.4. The summed E-state index contributed by atoms with van der Waals surface area (Å²) >= 11 is 0. The van der Waals surface area contributed by atoms with E-state index in [0.29, 0.717) is 6.04 Å². The summed E-state index contributed by atoms with van der Waals surface area (Å²) < 4.78 is 48.6. The molecule has 3 rings (SSSR count). The molecule has 6 nitrogen and oxygen atoms in total. The number of nitrogens with zero attached hydrogens (tertiary/aromatic N) is 1. The van der Waals surface area contributed by atoms with E-state index in [9.17, 15) is 13.2 Å². The largest absolute Gasteiger partial charge is 0.490 e. The van der Waals surface area contributed by atoms with Crippen molar-refractivity contribution in [1.82, 2.24) is 4.90 Å². The van der Waals surface area contributed by atoms with Crippen molar-refractivity contribution in [3.63, 3.8) is 0 Å². The molecular formula is C16H22F3NO5. The molecule has 25 heavy (non-hydrogen) atoms. The van der Waals surface area contributed by atoms with Gasteiger partial charge in [-0.1, -0.05) is 0 Å². The number of carboxylic acids is 1. The minimum atomic E-state index is -5.08. The van der Waals surface area contributed by atoms with Gasteiger partial charge in [0.25, 0.3) is 0 Å². The van der Waals surface area contributed by atoms with Crippen LogP contribution in [0.3, 0.4) is 0 Å². The highest BCUT2D eigenvalue weighted by Gasteiger charge is 2.43. The summed E-state index contributed by atoms with van der Waals surface area (Å²) in [6.07, 6.45) is 1.32. The van der Waals surface area contributed by atoms with Crippen LogP contribution in [0.5, 0.6) is 0 Å². The topological polar surface area (TPSA) is 72.1 Å². The zero-order valence-corrected chi connectivity index (χ0v) is 13.9. The summed E-state index contributed by atoms with van der Waals surface area (Å²) in [6, 6.07) is 2.55. The van der Waals surface area contributed by atoms with Gasteiger partial charge in [0, 0.05) is 31.3 Å². The van der Waals surface area contributed by atoms with Crippen LogP contribution in [0.2, 0.25) is 0 Å². The molecule has 0 radical (unpaired) electrons. The third-order valence-corrected chi connectivity index (χ3v) is 4.24. The molecule has 1 saturated heterocycles. The zero-order chi connectivity index (χ0) is 18.4. The Balaban J connectivity index is 0.000000277. The number of carbonyl (C=O) groups is 1. The number of furan rings is 1. The van der Waals surface area contributed by atoms with Crippen LogP contribution in [0, 0.1) is 0 Å². The van der Waals surface area contributed by atoms with E-state index in [2.05, 4.69) is 11.8 Å². The van der Waals surface area contributed by atoms with Crippen molar-refractivity contribution in [1.29, 1.82) is 0 Å². The van der Waals surface area contributed by atoms with Crippen molar-refractivity contribution in [3.8, 4) is 0 Å². The van der Waals surface area contributed by atoms with Crippen LogP contribution in [0.4, 0.5) is 13.2 Å². The van der Waals surface area contributed by atoms with Crippen LogP contribution >= 0.6 is 0 Å². The maximum Gasteiger partial charge on any atom is 0.490 e. The van der Waals surface area contributed by atoms with E-state index in [4.69, 9.17) is 23.8 Å². The van der Waals surface area contributed by atoms with Gasteiger partial charge in [-0.25, -0.2) is 4.79 Å². The van der Waals surface area contributed by atoms with Gasteiger partial charge in [0.2, 0.25) is 0 Å². The molecule has 9 heteroatoms. The van der Waals surface area contributed by atoms with E-state index in [1.54, 1.807) is 6.26 Å². The van der Waals surface area contributed by atoms with E-state index in [1.165, 1.54) is 12.0 Å². The van der Waals surface area contributed by atoms with Crippen molar-refractivity contribution in [2.24, 2.45) is 0 Å². The maximum atomic E-state index is 10.6. The fraction of sp³-hybridized carbons (Fsp3) is 0.688. The third kappa shape index (κ3) is 5.45. The zero-order valence-electron chi connectivity index (χ0n) is 13.9. The quantitative estimate of drug-likeness (QED) is 0.885. The van der Waals surface area contributed by atoms with E-state index >= 15 is 0 Å². The molecule has 0 aromatic carbocycles. The van der Waals surface area contributed by atoms with Crippen LogP contribution in [-0.4, -0.2) is 60.2 Å². The van der Waals surface area contributed by atoms with Crippen molar-refractivity contribution >= 4 is 5.97 Å². The van der Waals surface area contributed by atoms with Gasteiger partial charge in [-0.3, -0.25) is 4.90 Å². The second kappa shape index (κ2) is 8.68. The fourth-order valence-electron chi connectivity index (χ4n) is 3.20. The number of morpholine rings is 1. The average molecular weight is 365 g/mol. The van der Waals surface area contributed by atoms with Gasteiger partial charge in [0.15, 0.2) is 0 Å². The second-order valence-corrected chi connectivity index (χ2v) is 5.88. The molecule has 1 aliphatic carbocycles. The number of halogens is 3. The van der Waals surface area contributed by atoms with Gasteiger partial charge < -0.3 is 19.0 Å². The Morgan fingerprint density at radius 1 is 1.44 bits per heavy atom. The molecule has 3 atom stereocenters. The number of fused-ring (bicyclic) bond motifs is 1. The lowest BCUT2D eigenvalue weighted by Gasteiger charge is -2.38. The molecule has 1 aliphatic heterocycles. The van der Waals surface area contributed by atoms with E-state index in [0.717, 1.165) is 32.7 Å². The van der Waals surface area contributed by atoms with Gasteiger partial charge >= 0.3 is 12.1 Å². The molecule has 142 valence electrons. The van der Waals surface area contributed by atoms with Crippen molar-refractivity contribution in [3.05, 3.63) is 24.2 Å². The maximum absolute atomic E-state index is 10.6. The number of hydrogen-bond donors (Lipinski definition) is 1. The summed E-state index contributed by atoms with van der Waals surface area (Å²) in [5.74, 6) is -2.76. The molecule has 0 bridgehead atoms. The first-order chi connectivity index (χ1) is 11.8. The summed E-state index contributed by atoms with van der Waals surface area (Å²) in [5, 5.41) is 7.12. The number of alkyl halides is 3. The minimum absolute atomic E-state index is 0.255. The average Bonchev–Trinajstić information content (AvgIpc) is 3.18. The Labute approximate surface area is 143 Å². The lowest BCUT2D eigenvalue weighted by Crippen LogP contribution is -2.51. The number of ether oxygens (including phenoxy) is 2. The molecular weight excluding hydrogens is 343 g/mol. The number of aliphatic carboxylic acids is 1. The molecule has 1 aromatic rings. The lowest BCUT2D eigenvalue weighted by atomic mass is 10.1. The number of carboxylic acid groups (broad SMARTS) is 1. The van der Waals surface area contributed by atoms with Crippen molar-refractivity contribution < 1.29 is 37.0 Å². The van der Waals surface area contributed by atoms with Gasteiger partial charge in [0.1, 0.15) is 0 Å². The molecule has 0 amide bonds. The summed E-state index contributed by atoms with van der Waals surface area (Å²) in [4.78, 5) is 11.4. The number of hydrogen-bond acceptors (Lipinski definition) is 5. The Hall–Kier alpha value is -1.58. The predicted molar refractivity (Wildman–Crippen MR) is 81.0 cm³/mol. The normalized spacial score (nSPS) is 26.6. The van der Waals surface area contributed by atoms with Gasteiger partial charge in [-0.05, 0) is 25.8 Å². The summed E-state index contributed by atoms with van der Waals surface area (Å²) in [5.41, 5.74) is 1.25.